The van der Waals surface area contributed by atoms with Crippen LogP contribution >= 0.6 is 0 Å². The molecule has 148 valence electrons. The molecule has 0 aliphatic carbocycles. The van der Waals surface area contributed by atoms with Crippen molar-refractivity contribution in [1.82, 2.24) is 9.62 Å². The van der Waals surface area contributed by atoms with Crippen LogP contribution in [-0.2, 0) is 21.3 Å². The third-order valence-corrected chi connectivity index (χ3v) is 8.11. The Hall–Kier alpha value is -1.73. The Labute approximate surface area is 166 Å². The van der Waals surface area contributed by atoms with Crippen molar-refractivity contribution in [2.75, 3.05) is 19.6 Å². The van der Waals surface area contributed by atoms with E-state index >= 15 is 0 Å². The van der Waals surface area contributed by atoms with E-state index in [1.807, 2.05) is 12.1 Å². The number of sulfonamides is 1. The first kappa shape index (κ1) is 18.3. The highest BCUT2D eigenvalue weighted by atomic mass is 32.2. The summed E-state index contributed by atoms with van der Waals surface area (Å²) in [5.74, 6) is 0.640. The second-order valence-corrected chi connectivity index (χ2v) is 10.1. The van der Waals surface area contributed by atoms with Crippen LogP contribution in [0, 0.1) is 11.8 Å². The van der Waals surface area contributed by atoms with Crippen molar-refractivity contribution in [2.24, 2.45) is 11.8 Å². The Balaban J connectivity index is 1.28. The molecule has 1 spiro atoms. The molecule has 28 heavy (non-hydrogen) atoms. The number of benzene rings is 2. The number of nitrogens with one attached hydrogen (secondary N) is 1. The summed E-state index contributed by atoms with van der Waals surface area (Å²) in [5, 5.41) is 0. The fourth-order valence-corrected chi connectivity index (χ4v) is 6.50. The molecule has 3 aliphatic rings. The Kier molecular flexibility index (Phi) is 4.55. The van der Waals surface area contributed by atoms with Gasteiger partial charge in [0.05, 0.1) is 16.6 Å². The summed E-state index contributed by atoms with van der Waals surface area (Å²) in [6.07, 6.45) is 2.31. The van der Waals surface area contributed by atoms with Crippen molar-refractivity contribution in [2.45, 2.75) is 36.0 Å². The van der Waals surface area contributed by atoms with Gasteiger partial charge in [0.1, 0.15) is 0 Å². The predicted octanol–water partition coefficient (Wildman–Crippen LogP) is 2.64. The minimum absolute atomic E-state index is 0.0810. The van der Waals surface area contributed by atoms with E-state index in [2.05, 4.69) is 33.9 Å². The van der Waals surface area contributed by atoms with Gasteiger partial charge in [-0.1, -0.05) is 48.5 Å². The lowest BCUT2D eigenvalue weighted by Crippen LogP contribution is -2.41. The van der Waals surface area contributed by atoms with E-state index in [1.54, 1.807) is 24.3 Å². The van der Waals surface area contributed by atoms with Gasteiger partial charge in [0, 0.05) is 38.0 Å². The molecule has 4 atom stereocenters. The molecule has 0 saturated carbocycles. The van der Waals surface area contributed by atoms with Crippen LogP contribution in [0.2, 0.25) is 0 Å². The van der Waals surface area contributed by atoms with Crippen LogP contribution in [0.5, 0.6) is 0 Å². The van der Waals surface area contributed by atoms with Crippen LogP contribution in [-0.4, -0.2) is 44.7 Å². The average Bonchev–Trinajstić information content (AvgIpc) is 3.36. The molecule has 6 heteroatoms. The first-order chi connectivity index (χ1) is 13.6. The zero-order valence-electron chi connectivity index (χ0n) is 15.8. The Morgan fingerprint density at radius 1 is 1.07 bits per heavy atom. The Bertz CT molecular complexity index is 935. The van der Waals surface area contributed by atoms with Crippen LogP contribution in [0.25, 0.3) is 0 Å². The third-order valence-electron chi connectivity index (χ3n) is 6.67. The van der Waals surface area contributed by atoms with Gasteiger partial charge in [-0.3, -0.25) is 4.90 Å². The lowest BCUT2D eigenvalue weighted by molar-refractivity contribution is 0.00220. The molecule has 2 bridgehead atoms. The minimum Gasteiger partial charge on any atom is -0.370 e. The molecule has 0 amide bonds. The van der Waals surface area contributed by atoms with Crippen LogP contribution in [0.4, 0.5) is 0 Å². The maximum atomic E-state index is 12.6. The van der Waals surface area contributed by atoms with E-state index < -0.39 is 10.0 Å². The van der Waals surface area contributed by atoms with Gasteiger partial charge < -0.3 is 4.74 Å². The zero-order valence-corrected chi connectivity index (χ0v) is 16.6. The molecule has 0 radical (unpaired) electrons. The normalized spacial score (nSPS) is 31.9. The van der Waals surface area contributed by atoms with Crippen molar-refractivity contribution in [1.29, 1.82) is 0 Å². The molecular weight excluding hydrogens is 372 g/mol. The van der Waals surface area contributed by atoms with E-state index in [4.69, 9.17) is 4.74 Å². The van der Waals surface area contributed by atoms with E-state index in [1.165, 1.54) is 5.56 Å². The summed E-state index contributed by atoms with van der Waals surface area (Å²) in [6.45, 7) is 3.30. The summed E-state index contributed by atoms with van der Waals surface area (Å²) < 4.78 is 34.6. The summed E-state index contributed by atoms with van der Waals surface area (Å²) >= 11 is 0. The highest BCUT2D eigenvalue weighted by Gasteiger charge is 2.62. The third kappa shape index (κ3) is 3.18. The van der Waals surface area contributed by atoms with Crippen LogP contribution in [0.3, 0.4) is 0 Å². The highest BCUT2D eigenvalue weighted by molar-refractivity contribution is 7.89. The van der Waals surface area contributed by atoms with Gasteiger partial charge >= 0.3 is 0 Å². The first-order valence-corrected chi connectivity index (χ1v) is 11.5. The lowest BCUT2D eigenvalue weighted by atomic mass is 9.74. The molecule has 5 rings (SSSR count). The predicted molar refractivity (Wildman–Crippen MR) is 107 cm³/mol. The van der Waals surface area contributed by atoms with Crippen LogP contribution in [0.1, 0.15) is 18.4 Å². The maximum Gasteiger partial charge on any atom is 0.240 e. The number of nitrogens with zero attached hydrogens (tertiary/aromatic N) is 1. The molecule has 5 nitrogen and oxygen atoms in total. The van der Waals surface area contributed by atoms with Crippen LogP contribution < -0.4 is 4.72 Å². The largest absolute Gasteiger partial charge is 0.370 e. The van der Waals surface area contributed by atoms with Crippen molar-refractivity contribution in [3.8, 4) is 0 Å². The molecular formula is C22H26N2O3S. The van der Waals surface area contributed by atoms with Gasteiger partial charge in [0.2, 0.25) is 10.0 Å². The Morgan fingerprint density at radius 2 is 1.79 bits per heavy atom. The fourth-order valence-electron chi connectivity index (χ4n) is 5.41. The monoisotopic (exact) mass is 398 g/mol. The van der Waals surface area contributed by atoms with Crippen molar-refractivity contribution >= 4 is 10.0 Å². The number of rotatable bonds is 6. The minimum atomic E-state index is -3.48. The number of hydrogen-bond acceptors (Lipinski definition) is 4. The lowest BCUT2D eigenvalue weighted by Gasteiger charge is -2.29. The second kappa shape index (κ2) is 6.95. The number of hydrogen-bond donors (Lipinski definition) is 1. The average molecular weight is 399 g/mol. The molecule has 0 aromatic heterocycles. The van der Waals surface area contributed by atoms with E-state index in [0.717, 1.165) is 32.5 Å². The van der Waals surface area contributed by atoms with E-state index in [-0.39, 0.29) is 17.6 Å². The molecule has 2 aromatic carbocycles. The molecule has 2 aromatic rings. The molecule has 1 N–H and O–H groups in total. The summed E-state index contributed by atoms with van der Waals surface area (Å²) in [5.41, 5.74) is 1.23. The van der Waals surface area contributed by atoms with E-state index in [0.29, 0.717) is 17.4 Å². The van der Waals surface area contributed by atoms with Gasteiger partial charge in [-0.25, -0.2) is 13.1 Å². The van der Waals surface area contributed by atoms with Gasteiger partial charge in [0.15, 0.2) is 0 Å². The van der Waals surface area contributed by atoms with Gasteiger partial charge in [-0.2, -0.15) is 0 Å². The van der Waals surface area contributed by atoms with Crippen molar-refractivity contribution < 1.29 is 13.2 Å². The van der Waals surface area contributed by atoms with Gasteiger partial charge in [0.25, 0.3) is 0 Å². The van der Waals surface area contributed by atoms with Crippen molar-refractivity contribution in [3.05, 3.63) is 66.2 Å². The molecule has 3 fully saturated rings. The molecule has 3 aliphatic heterocycles. The van der Waals surface area contributed by atoms with Crippen molar-refractivity contribution in [3.63, 3.8) is 0 Å². The molecule has 0 unspecified atom stereocenters. The fraction of sp³-hybridized carbons (Fsp3) is 0.455. The quantitative estimate of drug-likeness (QED) is 0.813. The van der Waals surface area contributed by atoms with Gasteiger partial charge in [-0.15, -0.1) is 0 Å². The molecule has 3 saturated heterocycles. The van der Waals surface area contributed by atoms with E-state index in [9.17, 15) is 8.42 Å². The smallest absolute Gasteiger partial charge is 0.240 e. The Morgan fingerprint density at radius 3 is 2.54 bits per heavy atom. The highest BCUT2D eigenvalue weighted by Crippen LogP contribution is 2.54. The second-order valence-electron chi connectivity index (χ2n) is 8.35. The summed E-state index contributed by atoms with van der Waals surface area (Å²) in [7, 11) is -3.48. The van der Waals surface area contributed by atoms with Crippen LogP contribution in [0.15, 0.2) is 65.6 Å². The SMILES string of the molecule is O=S(=O)(NC[C@H]1[C@H]2CN(Cc3ccccc3)C[C@]23CC[C@H]1O3)c1ccccc1. The number of ether oxygens (including phenoxy) is 1. The van der Waals surface area contributed by atoms with Gasteiger partial charge in [-0.05, 0) is 30.5 Å². The standard InChI is InChI=1S/C22H26N2O3S/c25-28(26,18-9-5-2-6-10-18)23-13-19-20-15-24(14-17-7-3-1-4-8-17)16-22(20)12-11-21(19)27-22/h1-10,19-21,23H,11-16H2/t19-,20+,21+,22+/m0/s1. The maximum absolute atomic E-state index is 12.6. The zero-order chi connectivity index (χ0) is 19.2. The first-order valence-electron chi connectivity index (χ1n) is 10.0. The number of fused-ring (bicyclic) bond motifs is 1. The summed E-state index contributed by atoms with van der Waals surface area (Å²) in [4.78, 5) is 2.80. The topological polar surface area (TPSA) is 58.6 Å². The number of likely N-dealkylation sites (tertiary alicyclic amines) is 1. The molecule has 3 heterocycles. The summed E-state index contributed by atoms with van der Waals surface area (Å²) in [6, 6.07) is 19.1.